The van der Waals surface area contributed by atoms with Gasteiger partial charge in [0.25, 0.3) is 5.91 Å². The van der Waals surface area contributed by atoms with Crippen molar-refractivity contribution in [2.45, 2.75) is 40.5 Å². The lowest BCUT2D eigenvalue weighted by atomic mass is 10.3. The average Bonchev–Trinajstić information content (AvgIpc) is 3.50. The van der Waals surface area contributed by atoms with Crippen LogP contribution in [0.3, 0.4) is 0 Å². The Morgan fingerprint density at radius 1 is 1.10 bits per heavy atom. The summed E-state index contributed by atoms with van der Waals surface area (Å²) < 4.78 is 8.11. The zero-order valence-electron chi connectivity index (χ0n) is 16.9. The third kappa shape index (κ3) is 4.20. The Kier molecular flexibility index (Phi) is 5.53. The molecular weight excluding hydrogens is 450 g/mol. The molecule has 10 nitrogen and oxygen atoms in total. The van der Waals surface area contributed by atoms with Crippen molar-refractivity contribution in [1.29, 1.82) is 0 Å². The Hall–Kier alpha value is -3.21. The van der Waals surface area contributed by atoms with Crippen LogP contribution in [0.1, 0.15) is 34.4 Å². The van der Waals surface area contributed by atoms with Crippen LogP contribution in [0.25, 0.3) is 0 Å². The second-order valence-corrected chi connectivity index (χ2v) is 7.74. The van der Waals surface area contributed by atoms with E-state index in [4.69, 9.17) is 0 Å². The first kappa shape index (κ1) is 20.1. The highest BCUT2D eigenvalue weighted by Crippen LogP contribution is 2.19. The Bertz CT molecular complexity index is 1180. The molecule has 4 aromatic rings. The van der Waals surface area contributed by atoms with E-state index >= 15 is 0 Å². The predicted octanol–water partition coefficient (Wildman–Crippen LogP) is 2.68. The van der Waals surface area contributed by atoms with Crippen LogP contribution in [0.5, 0.6) is 0 Å². The van der Waals surface area contributed by atoms with Gasteiger partial charge in [-0.2, -0.15) is 20.4 Å². The number of nitrogens with one attached hydrogen (secondary N) is 1. The first-order valence-electron chi connectivity index (χ1n) is 9.51. The van der Waals surface area contributed by atoms with Gasteiger partial charge in [-0.05, 0) is 42.8 Å². The van der Waals surface area contributed by atoms with Crippen molar-refractivity contribution < 1.29 is 4.79 Å². The van der Waals surface area contributed by atoms with Gasteiger partial charge in [-0.3, -0.25) is 18.8 Å². The van der Waals surface area contributed by atoms with E-state index in [1.165, 1.54) is 0 Å². The second kappa shape index (κ2) is 8.27. The smallest absolute Gasteiger partial charge is 0.276 e. The second-order valence-electron chi connectivity index (χ2n) is 6.95. The van der Waals surface area contributed by atoms with Crippen molar-refractivity contribution in [2.75, 3.05) is 5.32 Å². The van der Waals surface area contributed by atoms with E-state index in [9.17, 15) is 4.79 Å². The SMILES string of the molecule is CCn1cc(Cn2cc(NC(=O)c3ccn(Cn4nc(C)c(Br)c4C)n3)cn2)cn1. The maximum Gasteiger partial charge on any atom is 0.276 e. The van der Waals surface area contributed by atoms with Gasteiger partial charge in [-0.15, -0.1) is 0 Å². The molecule has 156 valence electrons. The van der Waals surface area contributed by atoms with Gasteiger partial charge in [0.05, 0.1) is 40.5 Å². The van der Waals surface area contributed by atoms with Crippen LogP contribution in [-0.2, 0) is 19.8 Å². The Balaban J connectivity index is 1.38. The first-order chi connectivity index (χ1) is 14.4. The van der Waals surface area contributed by atoms with Gasteiger partial charge in [0.15, 0.2) is 5.69 Å². The van der Waals surface area contributed by atoms with Crippen LogP contribution in [-0.4, -0.2) is 45.0 Å². The number of anilines is 1. The van der Waals surface area contributed by atoms with Crippen LogP contribution in [0.15, 0.2) is 41.5 Å². The summed E-state index contributed by atoms with van der Waals surface area (Å²) in [6, 6.07) is 1.68. The van der Waals surface area contributed by atoms with Crippen LogP contribution in [0.2, 0.25) is 0 Å². The van der Waals surface area contributed by atoms with E-state index in [1.807, 2.05) is 42.5 Å². The maximum absolute atomic E-state index is 12.5. The molecule has 0 unspecified atom stereocenters. The van der Waals surface area contributed by atoms with Gasteiger partial charge in [-0.1, -0.05) is 0 Å². The van der Waals surface area contributed by atoms with Crippen molar-refractivity contribution in [2.24, 2.45) is 0 Å². The maximum atomic E-state index is 12.5. The van der Waals surface area contributed by atoms with E-state index < -0.39 is 0 Å². The minimum absolute atomic E-state index is 0.290. The molecule has 11 heteroatoms. The molecule has 0 spiro atoms. The number of rotatable bonds is 7. The summed E-state index contributed by atoms with van der Waals surface area (Å²) in [5.74, 6) is -0.290. The molecule has 0 aliphatic carbocycles. The van der Waals surface area contributed by atoms with Crippen LogP contribution < -0.4 is 5.32 Å². The van der Waals surface area contributed by atoms with Gasteiger partial charge in [0.2, 0.25) is 0 Å². The number of carbonyl (C=O) groups excluding carboxylic acids is 1. The largest absolute Gasteiger partial charge is 0.318 e. The first-order valence-corrected chi connectivity index (χ1v) is 10.3. The summed E-state index contributed by atoms with van der Waals surface area (Å²) in [5.41, 5.74) is 3.91. The van der Waals surface area contributed by atoms with E-state index in [1.54, 1.807) is 34.0 Å². The fraction of sp³-hybridized carbons (Fsp3) is 0.316. The number of hydrogen-bond acceptors (Lipinski definition) is 5. The van der Waals surface area contributed by atoms with E-state index in [2.05, 4.69) is 41.6 Å². The number of hydrogen-bond donors (Lipinski definition) is 1. The fourth-order valence-electron chi connectivity index (χ4n) is 3.07. The molecule has 0 bridgehead atoms. The average molecular weight is 472 g/mol. The number of aromatic nitrogens is 8. The standard InChI is InChI=1S/C19H22BrN9O/c1-4-26-9-15(7-21-26)10-28-11-16(8-22-28)23-19(30)17-5-6-27(25-17)12-29-14(3)18(20)13(2)24-29/h5-9,11H,4,10,12H2,1-3H3,(H,23,30). The topological polar surface area (TPSA) is 100 Å². The predicted molar refractivity (Wildman–Crippen MR) is 114 cm³/mol. The van der Waals surface area contributed by atoms with Gasteiger partial charge < -0.3 is 5.32 Å². The number of halogens is 1. The van der Waals surface area contributed by atoms with Crippen molar-refractivity contribution in [3.05, 3.63) is 64.2 Å². The molecule has 4 heterocycles. The summed E-state index contributed by atoms with van der Waals surface area (Å²) in [5, 5.41) is 20.2. The van der Waals surface area contributed by atoms with Gasteiger partial charge >= 0.3 is 0 Å². The monoisotopic (exact) mass is 471 g/mol. The summed E-state index contributed by atoms with van der Waals surface area (Å²) in [6.45, 7) is 7.79. The number of amides is 1. The summed E-state index contributed by atoms with van der Waals surface area (Å²) in [7, 11) is 0. The lowest BCUT2D eigenvalue weighted by molar-refractivity contribution is 0.102. The molecule has 1 amide bonds. The third-order valence-corrected chi connectivity index (χ3v) is 5.84. The van der Waals surface area contributed by atoms with Gasteiger partial charge in [0.1, 0.15) is 6.67 Å². The number of nitrogens with zero attached hydrogens (tertiary/aromatic N) is 8. The van der Waals surface area contributed by atoms with E-state index in [-0.39, 0.29) is 5.91 Å². The van der Waals surface area contributed by atoms with Crippen LogP contribution in [0, 0.1) is 13.8 Å². The molecule has 0 aliphatic rings. The minimum atomic E-state index is -0.290. The molecule has 0 fully saturated rings. The summed E-state index contributed by atoms with van der Waals surface area (Å²) >= 11 is 3.52. The number of carbonyl (C=O) groups is 1. The molecule has 0 saturated heterocycles. The summed E-state index contributed by atoms with van der Waals surface area (Å²) in [6.07, 6.45) is 8.96. The van der Waals surface area contributed by atoms with Gasteiger partial charge in [0, 0.05) is 30.7 Å². The lowest BCUT2D eigenvalue weighted by Gasteiger charge is -2.04. The normalized spacial score (nSPS) is 11.2. The molecule has 0 saturated carbocycles. The molecular formula is C19H22BrN9O. The Morgan fingerprint density at radius 2 is 1.90 bits per heavy atom. The third-order valence-electron chi connectivity index (χ3n) is 4.69. The van der Waals surface area contributed by atoms with Crippen molar-refractivity contribution in [3.63, 3.8) is 0 Å². The van der Waals surface area contributed by atoms with Crippen LogP contribution >= 0.6 is 15.9 Å². The molecule has 0 aromatic carbocycles. The highest BCUT2D eigenvalue weighted by Gasteiger charge is 2.13. The Morgan fingerprint density at radius 3 is 2.60 bits per heavy atom. The zero-order chi connectivity index (χ0) is 21.3. The molecule has 4 aromatic heterocycles. The highest BCUT2D eigenvalue weighted by atomic mass is 79.9. The molecule has 4 rings (SSSR count). The van der Waals surface area contributed by atoms with Crippen molar-refractivity contribution in [1.82, 2.24) is 39.1 Å². The van der Waals surface area contributed by atoms with E-state index in [0.29, 0.717) is 24.6 Å². The quantitative estimate of drug-likeness (QED) is 0.446. The molecule has 1 N–H and O–H groups in total. The molecule has 0 radical (unpaired) electrons. The zero-order valence-corrected chi connectivity index (χ0v) is 18.5. The molecule has 0 atom stereocenters. The molecule has 0 aliphatic heterocycles. The lowest BCUT2D eigenvalue weighted by Crippen LogP contribution is -2.15. The highest BCUT2D eigenvalue weighted by molar-refractivity contribution is 9.10. The minimum Gasteiger partial charge on any atom is -0.318 e. The Labute approximate surface area is 181 Å². The van der Waals surface area contributed by atoms with Crippen molar-refractivity contribution in [3.8, 4) is 0 Å². The number of aryl methyl sites for hydroxylation is 2. The van der Waals surface area contributed by atoms with Crippen LogP contribution in [0.4, 0.5) is 5.69 Å². The molecule has 30 heavy (non-hydrogen) atoms. The van der Waals surface area contributed by atoms with Gasteiger partial charge in [-0.25, -0.2) is 4.68 Å². The van der Waals surface area contributed by atoms with E-state index in [0.717, 1.165) is 28.0 Å². The fourth-order valence-corrected chi connectivity index (χ4v) is 3.35. The summed E-state index contributed by atoms with van der Waals surface area (Å²) in [4.78, 5) is 12.5. The van der Waals surface area contributed by atoms with Crippen molar-refractivity contribution >= 4 is 27.5 Å².